The lowest BCUT2D eigenvalue weighted by atomic mass is 10.1. The molecule has 0 saturated carbocycles. The molecular weight excluding hydrogens is 383 g/mol. The number of aryl methyl sites for hydroxylation is 1. The molecule has 9 heteroatoms. The van der Waals surface area contributed by atoms with E-state index < -0.39 is 23.9 Å². The first-order valence-corrected chi connectivity index (χ1v) is 8.57. The monoisotopic (exact) mass is 399 g/mol. The van der Waals surface area contributed by atoms with Crippen LogP contribution in [0.1, 0.15) is 49.4 Å². The van der Waals surface area contributed by atoms with Gasteiger partial charge in [0.25, 0.3) is 0 Å². The number of halogens is 3. The fourth-order valence-corrected chi connectivity index (χ4v) is 3.18. The summed E-state index contributed by atoms with van der Waals surface area (Å²) in [6, 6.07) is 4.68. The minimum Gasteiger partial charge on any atom is -0.454 e. The van der Waals surface area contributed by atoms with Crippen LogP contribution in [0.3, 0.4) is 0 Å². The fourth-order valence-electron chi connectivity index (χ4n) is 2.64. The second-order valence-corrected chi connectivity index (χ2v) is 6.89. The van der Waals surface area contributed by atoms with Gasteiger partial charge >= 0.3 is 11.5 Å². The Morgan fingerprint density at radius 1 is 1.11 bits per heavy atom. The molecule has 27 heavy (non-hydrogen) atoms. The van der Waals surface area contributed by atoms with E-state index in [-0.39, 0.29) is 33.7 Å². The van der Waals surface area contributed by atoms with Gasteiger partial charge in [-0.15, -0.1) is 0 Å². The number of H-pyrrole nitrogens is 1. The third kappa shape index (κ3) is 5.22. The van der Waals surface area contributed by atoms with Crippen LogP contribution in [-0.4, -0.2) is 34.6 Å². The maximum atomic E-state index is 12.3. The molecule has 144 valence electrons. The highest BCUT2D eigenvalue weighted by molar-refractivity contribution is 8.00. The number of esters is 1. The Morgan fingerprint density at radius 2 is 1.70 bits per heavy atom. The van der Waals surface area contributed by atoms with Gasteiger partial charge in [-0.1, -0.05) is 0 Å². The maximum Gasteiger partial charge on any atom is 0.446 e. The zero-order valence-corrected chi connectivity index (χ0v) is 15.5. The van der Waals surface area contributed by atoms with Gasteiger partial charge in [-0.2, -0.15) is 13.2 Å². The van der Waals surface area contributed by atoms with Crippen molar-refractivity contribution in [2.45, 2.75) is 31.2 Å². The van der Waals surface area contributed by atoms with Crippen molar-refractivity contribution in [2.24, 2.45) is 0 Å². The van der Waals surface area contributed by atoms with Crippen molar-refractivity contribution in [1.82, 2.24) is 4.98 Å². The van der Waals surface area contributed by atoms with E-state index in [1.54, 1.807) is 13.8 Å². The van der Waals surface area contributed by atoms with E-state index >= 15 is 0 Å². The van der Waals surface area contributed by atoms with Crippen LogP contribution >= 0.6 is 11.8 Å². The average molecular weight is 399 g/mol. The predicted octanol–water partition coefficient (Wildman–Crippen LogP) is 4.49. The van der Waals surface area contributed by atoms with E-state index in [9.17, 15) is 27.6 Å². The Kier molecular flexibility index (Phi) is 6.15. The van der Waals surface area contributed by atoms with Gasteiger partial charge in [-0.25, -0.2) is 4.79 Å². The van der Waals surface area contributed by atoms with E-state index in [0.29, 0.717) is 16.8 Å². The second-order valence-electron chi connectivity index (χ2n) is 5.75. The quantitative estimate of drug-likeness (QED) is 0.440. The van der Waals surface area contributed by atoms with Gasteiger partial charge in [-0.05, 0) is 62.4 Å². The molecular formula is C18H16F3NO4S. The van der Waals surface area contributed by atoms with Crippen LogP contribution < -0.4 is 0 Å². The van der Waals surface area contributed by atoms with Crippen molar-refractivity contribution in [1.29, 1.82) is 0 Å². The number of hydrogen-bond donors (Lipinski definition) is 1. The Labute approximate surface area is 157 Å². The molecule has 0 amide bonds. The first-order chi connectivity index (χ1) is 12.5. The van der Waals surface area contributed by atoms with Crippen LogP contribution in [0.25, 0.3) is 0 Å². The summed E-state index contributed by atoms with van der Waals surface area (Å²) in [5.74, 6) is -1.53. The molecule has 0 atom stereocenters. The van der Waals surface area contributed by atoms with Crippen molar-refractivity contribution >= 4 is 29.3 Å². The van der Waals surface area contributed by atoms with Crippen molar-refractivity contribution in [2.75, 3.05) is 6.61 Å². The van der Waals surface area contributed by atoms with Gasteiger partial charge in [0.15, 0.2) is 12.4 Å². The number of nitrogens with one attached hydrogen (secondary N) is 1. The van der Waals surface area contributed by atoms with Crippen molar-refractivity contribution < 1.29 is 32.3 Å². The van der Waals surface area contributed by atoms with E-state index in [1.165, 1.54) is 19.1 Å². The smallest absolute Gasteiger partial charge is 0.446 e. The van der Waals surface area contributed by atoms with E-state index in [4.69, 9.17) is 4.74 Å². The molecule has 0 aliphatic heterocycles. The Hall–Kier alpha value is -2.55. The number of hydrogen-bond acceptors (Lipinski definition) is 5. The summed E-state index contributed by atoms with van der Waals surface area (Å²) in [7, 11) is 0. The number of ether oxygens (including phenoxy) is 1. The molecule has 0 fully saturated rings. The molecule has 1 heterocycles. The van der Waals surface area contributed by atoms with Crippen molar-refractivity contribution in [3.8, 4) is 0 Å². The standard InChI is InChI=1S/C18H16F3NO4S/c1-9-15(11(3)23)10(2)22-16(9)14(24)8-26-17(25)12-4-6-13(7-5-12)27-18(19,20)21/h4-7,22H,8H2,1-3H3. The lowest BCUT2D eigenvalue weighted by Crippen LogP contribution is -2.15. The summed E-state index contributed by atoms with van der Waals surface area (Å²) in [6.07, 6.45) is 0. The first-order valence-electron chi connectivity index (χ1n) is 7.76. The minimum absolute atomic E-state index is 0.0261. The van der Waals surface area contributed by atoms with Crippen LogP contribution in [-0.2, 0) is 4.74 Å². The SMILES string of the molecule is CC(=O)c1c(C)[nH]c(C(=O)COC(=O)c2ccc(SC(F)(F)F)cc2)c1C. The van der Waals surface area contributed by atoms with E-state index in [1.807, 2.05) is 0 Å². The molecule has 0 saturated heterocycles. The predicted molar refractivity (Wildman–Crippen MR) is 93.2 cm³/mol. The number of benzene rings is 1. The number of carbonyl (C=O) groups is 3. The molecule has 0 spiro atoms. The van der Waals surface area contributed by atoms with Gasteiger partial charge in [-0.3, -0.25) is 9.59 Å². The van der Waals surface area contributed by atoms with Crippen LogP contribution in [0.15, 0.2) is 29.2 Å². The fraction of sp³-hybridized carbons (Fsp3) is 0.278. The number of Topliss-reactive ketones (excluding diaryl/α,β-unsaturated/α-hetero) is 2. The number of alkyl halides is 3. The summed E-state index contributed by atoms with van der Waals surface area (Å²) >= 11 is -0.294. The molecule has 0 bridgehead atoms. The molecule has 0 aliphatic rings. The average Bonchev–Trinajstić information content (AvgIpc) is 2.86. The molecule has 1 N–H and O–H groups in total. The Morgan fingerprint density at radius 3 is 2.19 bits per heavy atom. The number of carbonyl (C=O) groups excluding carboxylic acids is 3. The van der Waals surface area contributed by atoms with E-state index in [0.717, 1.165) is 12.1 Å². The third-order valence-electron chi connectivity index (χ3n) is 3.73. The third-order valence-corrected chi connectivity index (χ3v) is 4.47. The largest absolute Gasteiger partial charge is 0.454 e. The minimum atomic E-state index is -4.42. The number of aromatic amines is 1. The van der Waals surface area contributed by atoms with E-state index in [2.05, 4.69) is 4.98 Å². The summed E-state index contributed by atoms with van der Waals surface area (Å²) in [6.45, 7) is 4.10. The van der Waals surface area contributed by atoms with Gasteiger partial charge in [0, 0.05) is 16.2 Å². The second kappa shape index (κ2) is 7.99. The van der Waals surface area contributed by atoms with Gasteiger partial charge in [0.2, 0.25) is 5.78 Å². The summed E-state index contributed by atoms with van der Waals surface area (Å²) in [5.41, 5.74) is -2.76. The maximum absolute atomic E-state index is 12.3. The number of thioether (sulfide) groups is 1. The molecule has 1 aromatic carbocycles. The highest BCUT2D eigenvalue weighted by Gasteiger charge is 2.29. The van der Waals surface area contributed by atoms with Gasteiger partial charge in [0.05, 0.1) is 11.3 Å². The molecule has 5 nitrogen and oxygen atoms in total. The van der Waals surface area contributed by atoms with Gasteiger partial charge in [0.1, 0.15) is 0 Å². The first kappa shape index (κ1) is 20.8. The Balaban J connectivity index is 2.02. The molecule has 0 unspecified atom stereocenters. The van der Waals surface area contributed by atoms with Crippen LogP contribution in [0.4, 0.5) is 13.2 Å². The van der Waals surface area contributed by atoms with Crippen LogP contribution in [0.2, 0.25) is 0 Å². The highest BCUT2D eigenvalue weighted by atomic mass is 32.2. The topological polar surface area (TPSA) is 76.2 Å². The number of aromatic nitrogens is 1. The Bertz CT molecular complexity index is 885. The number of ketones is 2. The van der Waals surface area contributed by atoms with Gasteiger partial charge < -0.3 is 9.72 Å². The lowest BCUT2D eigenvalue weighted by Gasteiger charge is -2.07. The zero-order valence-electron chi connectivity index (χ0n) is 14.7. The van der Waals surface area contributed by atoms with Crippen LogP contribution in [0.5, 0.6) is 0 Å². The summed E-state index contributed by atoms with van der Waals surface area (Å²) < 4.78 is 41.8. The lowest BCUT2D eigenvalue weighted by molar-refractivity contribution is -0.0328. The molecule has 2 aromatic rings. The van der Waals surface area contributed by atoms with Crippen molar-refractivity contribution in [3.05, 3.63) is 52.3 Å². The van der Waals surface area contributed by atoms with Crippen LogP contribution in [0, 0.1) is 13.8 Å². The summed E-state index contributed by atoms with van der Waals surface area (Å²) in [5, 5.41) is 0. The van der Waals surface area contributed by atoms with Crippen molar-refractivity contribution in [3.63, 3.8) is 0 Å². The molecule has 0 aliphatic carbocycles. The summed E-state index contributed by atoms with van der Waals surface area (Å²) in [4.78, 5) is 38.6. The number of rotatable bonds is 6. The molecule has 0 radical (unpaired) electrons. The normalized spacial score (nSPS) is 11.3. The highest BCUT2D eigenvalue weighted by Crippen LogP contribution is 2.36. The molecule has 2 rings (SSSR count). The molecule has 1 aromatic heterocycles. The zero-order chi connectivity index (χ0) is 20.4.